The number of nitrogens with zero attached hydrogens (tertiary/aromatic N) is 3. The molecule has 1 atom stereocenters. The summed E-state index contributed by atoms with van der Waals surface area (Å²) in [6.07, 6.45) is -2.40. The Morgan fingerprint density at radius 2 is 1.85 bits per heavy atom. The number of rotatable bonds is 3. The minimum atomic E-state index is -4.30. The lowest BCUT2D eigenvalue weighted by atomic mass is 10.1. The maximum atomic E-state index is 12.7. The van der Waals surface area contributed by atoms with Crippen molar-refractivity contribution in [2.24, 2.45) is 0 Å². The Bertz CT molecular complexity index is 941. The molecule has 1 aromatic heterocycles. The lowest BCUT2D eigenvalue weighted by molar-refractivity contribution is -0.137. The number of benzene rings is 2. The van der Waals surface area contributed by atoms with Gasteiger partial charge >= 0.3 is 6.18 Å². The maximum Gasteiger partial charge on any atom is 0.416 e. The molecule has 0 bridgehead atoms. The monoisotopic (exact) mass is 357 g/mol. The van der Waals surface area contributed by atoms with Gasteiger partial charge in [0.2, 0.25) is 0 Å². The minimum Gasteiger partial charge on any atom is -0.319 e. The SMILES string of the molecule is C=C[C@@H]1CN(Cc2ccc(C(F)(F)F)cc2)Cc2nc3ccccc3n21. The number of hydrogen-bond acceptors (Lipinski definition) is 2. The number of para-hydroxylation sites is 2. The summed E-state index contributed by atoms with van der Waals surface area (Å²) in [4.78, 5) is 6.91. The van der Waals surface area contributed by atoms with E-state index >= 15 is 0 Å². The van der Waals surface area contributed by atoms with Crippen LogP contribution in [0.5, 0.6) is 0 Å². The van der Waals surface area contributed by atoms with Crippen LogP contribution in [0.2, 0.25) is 0 Å². The van der Waals surface area contributed by atoms with Gasteiger partial charge in [-0.3, -0.25) is 4.90 Å². The molecule has 4 rings (SSSR count). The van der Waals surface area contributed by atoms with Crippen molar-refractivity contribution in [2.45, 2.75) is 25.3 Å². The molecule has 2 aromatic carbocycles. The Balaban J connectivity index is 1.59. The van der Waals surface area contributed by atoms with Crippen LogP contribution in [0.25, 0.3) is 11.0 Å². The Kier molecular flexibility index (Phi) is 4.07. The molecule has 0 aliphatic carbocycles. The van der Waals surface area contributed by atoms with E-state index in [-0.39, 0.29) is 6.04 Å². The summed E-state index contributed by atoms with van der Waals surface area (Å²) >= 11 is 0. The molecule has 0 radical (unpaired) electrons. The first-order valence-electron chi connectivity index (χ1n) is 8.42. The normalized spacial score (nSPS) is 18.0. The van der Waals surface area contributed by atoms with Crippen LogP contribution >= 0.6 is 0 Å². The lowest BCUT2D eigenvalue weighted by Gasteiger charge is -2.33. The quantitative estimate of drug-likeness (QED) is 0.628. The van der Waals surface area contributed by atoms with Crippen LogP contribution in [-0.4, -0.2) is 21.0 Å². The molecular weight excluding hydrogens is 339 g/mol. The highest BCUT2D eigenvalue weighted by Crippen LogP contribution is 2.31. The van der Waals surface area contributed by atoms with Crippen molar-refractivity contribution < 1.29 is 13.2 Å². The molecule has 0 spiro atoms. The van der Waals surface area contributed by atoms with Gasteiger partial charge in [-0.15, -0.1) is 6.58 Å². The number of aromatic nitrogens is 2. The summed E-state index contributed by atoms with van der Waals surface area (Å²) in [6.45, 7) is 5.93. The molecule has 3 nitrogen and oxygen atoms in total. The molecule has 134 valence electrons. The van der Waals surface area contributed by atoms with Crippen molar-refractivity contribution in [3.05, 3.63) is 78.1 Å². The summed E-state index contributed by atoms with van der Waals surface area (Å²) in [5.74, 6) is 0.953. The number of halogens is 3. The van der Waals surface area contributed by atoms with E-state index in [1.165, 1.54) is 0 Å². The first kappa shape index (κ1) is 16.8. The fraction of sp³-hybridized carbons (Fsp3) is 0.250. The maximum absolute atomic E-state index is 12.7. The highest BCUT2D eigenvalue weighted by molar-refractivity contribution is 5.76. The average molecular weight is 357 g/mol. The van der Waals surface area contributed by atoms with Gasteiger partial charge in [0.1, 0.15) is 5.82 Å². The van der Waals surface area contributed by atoms with E-state index in [2.05, 4.69) is 16.0 Å². The molecule has 2 heterocycles. The van der Waals surface area contributed by atoms with Crippen LogP contribution in [0, 0.1) is 0 Å². The van der Waals surface area contributed by atoms with Gasteiger partial charge in [-0.2, -0.15) is 13.2 Å². The summed E-state index contributed by atoms with van der Waals surface area (Å²) in [5, 5.41) is 0. The van der Waals surface area contributed by atoms with Crippen molar-refractivity contribution in [2.75, 3.05) is 6.54 Å². The zero-order valence-electron chi connectivity index (χ0n) is 14.1. The van der Waals surface area contributed by atoms with E-state index in [9.17, 15) is 13.2 Å². The van der Waals surface area contributed by atoms with Crippen LogP contribution in [0.15, 0.2) is 61.2 Å². The van der Waals surface area contributed by atoms with E-state index in [4.69, 9.17) is 4.98 Å². The zero-order valence-corrected chi connectivity index (χ0v) is 14.1. The third-order valence-electron chi connectivity index (χ3n) is 4.77. The zero-order chi connectivity index (χ0) is 18.3. The second kappa shape index (κ2) is 6.29. The van der Waals surface area contributed by atoms with Gasteiger partial charge in [-0.25, -0.2) is 4.98 Å². The Morgan fingerprint density at radius 3 is 2.54 bits per heavy atom. The molecule has 0 N–H and O–H groups in total. The summed E-state index contributed by atoms with van der Waals surface area (Å²) in [6, 6.07) is 13.4. The van der Waals surface area contributed by atoms with Gasteiger partial charge in [-0.05, 0) is 29.8 Å². The molecule has 26 heavy (non-hydrogen) atoms. The largest absolute Gasteiger partial charge is 0.416 e. The van der Waals surface area contributed by atoms with Gasteiger partial charge in [0.05, 0.1) is 29.2 Å². The molecule has 0 saturated carbocycles. The number of imidazole rings is 1. The predicted octanol–water partition coefficient (Wildman–Crippen LogP) is 4.80. The smallest absolute Gasteiger partial charge is 0.319 e. The Morgan fingerprint density at radius 1 is 1.12 bits per heavy atom. The number of fused-ring (bicyclic) bond motifs is 3. The summed E-state index contributed by atoms with van der Waals surface area (Å²) < 4.78 is 40.3. The van der Waals surface area contributed by atoms with Crippen LogP contribution in [-0.2, 0) is 19.3 Å². The fourth-order valence-corrected chi connectivity index (χ4v) is 3.54. The van der Waals surface area contributed by atoms with Crippen molar-refractivity contribution in [3.63, 3.8) is 0 Å². The molecule has 3 aromatic rings. The first-order chi connectivity index (χ1) is 12.5. The molecular formula is C20H18F3N3. The molecule has 0 amide bonds. The third-order valence-corrected chi connectivity index (χ3v) is 4.77. The number of alkyl halides is 3. The van der Waals surface area contributed by atoms with Gasteiger partial charge < -0.3 is 4.57 Å². The van der Waals surface area contributed by atoms with Gasteiger partial charge in [0.15, 0.2) is 0 Å². The van der Waals surface area contributed by atoms with E-state index < -0.39 is 11.7 Å². The second-order valence-electron chi connectivity index (χ2n) is 6.55. The van der Waals surface area contributed by atoms with Crippen LogP contribution < -0.4 is 0 Å². The van der Waals surface area contributed by atoms with Crippen LogP contribution in [0.3, 0.4) is 0 Å². The molecule has 6 heteroatoms. The van der Waals surface area contributed by atoms with E-state index in [0.717, 1.165) is 41.1 Å². The fourth-order valence-electron chi connectivity index (χ4n) is 3.54. The van der Waals surface area contributed by atoms with Crippen molar-refractivity contribution in [3.8, 4) is 0 Å². The average Bonchev–Trinajstić information content (AvgIpc) is 2.99. The van der Waals surface area contributed by atoms with E-state index in [1.54, 1.807) is 12.1 Å². The highest BCUT2D eigenvalue weighted by atomic mass is 19.4. The summed E-state index contributed by atoms with van der Waals surface area (Å²) in [5.41, 5.74) is 2.27. The van der Waals surface area contributed by atoms with E-state index in [1.807, 2.05) is 30.3 Å². The number of hydrogen-bond donors (Lipinski definition) is 0. The third kappa shape index (κ3) is 3.01. The van der Waals surface area contributed by atoms with Crippen LogP contribution in [0.1, 0.15) is 23.0 Å². The van der Waals surface area contributed by atoms with Gasteiger partial charge in [-0.1, -0.05) is 30.3 Å². The first-order valence-corrected chi connectivity index (χ1v) is 8.42. The second-order valence-corrected chi connectivity index (χ2v) is 6.55. The topological polar surface area (TPSA) is 21.1 Å². The molecule has 1 aliphatic heterocycles. The van der Waals surface area contributed by atoms with Crippen molar-refractivity contribution in [1.29, 1.82) is 0 Å². The van der Waals surface area contributed by atoms with Crippen molar-refractivity contribution >= 4 is 11.0 Å². The summed E-state index contributed by atoms with van der Waals surface area (Å²) in [7, 11) is 0. The Labute approximate surface area is 149 Å². The van der Waals surface area contributed by atoms with Gasteiger partial charge in [0.25, 0.3) is 0 Å². The standard InChI is InChI=1S/C20H18F3N3/c1-2-16-12-25(11-14-7-9-15(10-8-14)20(21,22)23)13-19-24-17-5-3-4-6-18(17)26(16)19/h2-10,16H,1,11-13H2/t16-/m1/s1. The molecule has 0 saturated heterocycles. The minimum absolute atomic E-state index is 0.0839. The lowest BCUT2D eigenvalue weighted by Crippen LogP contribution is -2.36. The molecule has 1 aliphatic rings. The van der Waals surface area contributed by atoms with Crippen molar-refractivity contribution in [1.82, 2.24) is 14.5 Å². The molecule has 0 unspecified atom stereocenters. The highest BCUT2D eigenvalue weighted by Gasteiger charge is 2.30. The van der Waals surface area contributed by atoms with Crippen LogP contribution in [0.4, 0.5) is 13.2 Å². The van der Waals surface area contributed by atoms with Gasteiger partial charge in [0, 0.05) is 13.1 Å². The van der Waals surface area contributed by atoms with E-state index in [0.29, 0.717) is 13.1 Å². The predicted molar refractivity (Wildman–Crippen MR) is 94.5 cm³/mol. The Hall–Kier alpha value is -2.60. The molecule has 0 fully saturated rings.